The molecular formula is C25H22N4OS. The van der Waals surface area contributed by atoms with Crippen molar-refractivity contribution in [2.24, 2.45) is 0 Å². The molecule has 6 rings (SSSR count). The Morgan fingerprint density at radius 1 is 0.968 bits per heavy atom. The normalized spacial score (nSPS) is 21.3. The molecule has 0 N–H and O–H groups in total. The van der Waals surface area contributed by atoms with Gasteiger partial charge in [-0.1, -0.05) is 42.5 Å². The first-order chi connectivity index (χ1) is 15.3. The van der Waals surface area contributed by atoms with Crippen LogP contribution in [0.2, 0.25) is 0 Å². The number of thiazole rings is 1. The van der Waals surface area contributed by atoms with Crippen LogP contribution in [-0.2, 0) is 0 Å². The number of oxazole rings is 1. The van der Waals surface area contributed by atoms with Crippen LogP contribution in [0.25, 0.3) is 10.2 Å². The van der Waals surface area contributed by atoms with Crippen molar-refractivity contribution in [2.75, 3.05) is 18.0 Å². The number of para-hydroxylation sites is 1. The molecule has 2 fully saturated rings. The van der Waals surface area contributed by atoms with Crippen LogP contribution in [0.15, 0.2) is 59.0 Å². The fourth-order valence-corrected chi connectivity index (χ4v) is 5.84. The van der Waals surface area contributed by atoms with Crippen LogP contribution in [0.3, 0.4) is 0 Å². The standard InChI is InChI=1S/C25H22N4OS/c26-15-21-25(30-23(27-21)19-14-18(19)16-6-2-1-3-7-16)29-12-10-17(11-13-29)24-28-20-8-4-5-9-22(20)31-24/h1-9,17-19H,10-14H2/t18-,19-/m0/s1. The summed E-state index contributed by atoms with van der Waals surface area (Å²) in [4.78, 5) is 11.6. The van der Waals surface area contributed by atoms with Gasteiger partial charge in [-0.2, -0.15) is 5.26 Å². The quantitative estimate of drug-likeness (QED) is 0.412. The molecule has 0 spiro atoms. The average molecular weight is 427 g/mol. The van der Waals surface area contributed by atoms with Gasteiger partial charge in [0.2, 0.25) is 17.5 Å². The number of hydrogen-bond acceptors (Lipinski definition) is 6. The van der Waals surface area contributed by atoms with Crippen molar-refractivity contribution in [3.8, 4) is 6.07 Å². The Morgan fingerprint density at radius 2 is 1.74 bits per heavy atom. The largest absolute Gasteiger partial charge is 0.423 e. The highest BCUT2D eigenvalue weighted by atomic mass is 32.1. The van der Waals surface area contributed by atoms with Crippen LogP contribution < -0.4 is 4.90 Å². The van der Waals surface area contributed by atoms with Gasteiger partial charge in [0.1, 0.15) is 6.07 Å². The average Bonchev–Trinajstić information content (AvgIpc) is 3.32. The molecule has 154 valence electrons. The van der Waals surface area contributed by atoms with E-state index < -0.39 is 0 Å². The molecule has 5 nitrogen and oxygen atoms in total. The van der Waals surface area contributed by atoms with Crippen molar-refractivity contribution < 1.29 is 4.42 Å². The van der Waals surface area contributed by atoms with Crippen molar-refractivity contribution >= 4 is 27.4 Å². The van der Waals surface area contributed by atoms with Gasteiger partial charge in [-0.05, 0) is 42.9 Å². The van der Waals surface area contributed by atoms with Gasteiger partial charge in [0, 0.05) is 24.9 Å². The summed E-state index contributed by atoms with van der Waals surface area (Å²) in [5.74, 6) is 2.56. The predicted octanol–water partition coefficient (Wildman–Crippen LogP) is 5.81. The van der Waals surface area contributed by atoms with Crippen molar-refractivity contribution in [1.82, 2.24) is 9.97 Å². The van der Waals surface area contributed by atoms with Crippen molar-refractivity contribution in [3.05, 3.63) is 76.8 Å². The van der Waals surface area contributed by atoms with Crippen LogP contribution in [0, 0.1) is 11.3 Å². The monoisotopic (exact) mass is 426 g/mol. The zero-order valence-corrected chi connectivity index (χ0v) is 17.9. The Bertz CT molecular complexity index is 1230. The summed E-state index contributed by atoms with van der Waals surface area (Å²) in [6, 6.07) is 21.1. The minimum atomic E-state index is 0.281. The maximum atomic E-state index is 9.65. The second-order valence-electron chi connectivity index (χ2n) is 8.46. The molecule has 3 heterocycles. The number of aromatic nitrogens is 2. The van der Waals surface area contributed by atoms with Crippen molar-refractivity contribution in [3.63, 3.8) is 0 Å². The minimum Gasteiger partial charge on any atom is -0.423 e. The third-order valence-corrected chi connectivity index (χ3v) is 7.71. The number of fused-ring (bicyclic) bond motifs is 1. The van der Waals surface area contributed by atoms with E-state index in [1.54, 1.807) is 11.3 Å². The topological polar surface area (TPSA) is 66.0 Å². The maximum Gasteiger partial charge on any atom is 0.234 e. The van der Waals surface area contributed by atoms with E-state index in [0.29, 0.717) is 29.3 Å². The molecule has 2 aromatic heterocycles. The van der Waals surface area contributed by atoms with Crippen LogP contribution in [-0.4, -0.2) is 23.1 Å². The molecule has 0 unspecified atom stereocenters. The van der Waals surface area contributed by atoms with Crippen molar-refractivity contribution in [1.29, 1.82) is 5.26 Å². The van der Waals surface area contributed by atoms with E-state index in [1.807, 2.05) is 12.1 Å². The highest BCUT2D eigenvalue weighted by Gasteiger charge is 2.44. The lowest BCUT2D eigenvalue weighted by atomic mass is 9.97. The molecule has 4 aromatic rings. The van der Waals surface area contributed by atoms with E-state index in [1.165, 1.54) is 15.3 Å². The zero-order valence-electron chi connectivity index (χ0n) is 17.1. The van der Waals surface area contributed by atoms with Gasteiger partial charge >= 0.3 is 0 Å². The summed E-state index contributed by atoms with van der Waals surface area (Å²) in [7, 11) is 0. The molecule has 1 aliphatic carbocycles. The molecule has 1 saturated heterocycles. The summed E-state index contributed by atoms with van der Waals surface area (Å²) >= 11 is 1.81. The number of nitriles is 1. The summed E-state index contributed by atoms with van der Waals surface area (Å²) < 4.78 is 7.44. The molecule has 2 aliphatic rings. The van der Waals surface area contributed by atoms with Crippen LogP contribution in [0.5, 0.6) is 0 Å². The number of rotatable bonds is 4. The highest BCUT2D eigenvalue weighted by molar-refractivity contribution is 7.18. The minimum absolute atomic E-state index is 0.281. The predicted molar refractivity (Wildman–Crippen MR) is 122 cm³/mol. The summed E-state index contributed by atoms with van der Waals surface area (Å²) in [6.07, 6.45) is 3.06. The highest BCUT2D eigenvalue weighted by Crippen LogP contribution is 2.55. The van der Waals surface area contributed by atoms with E-state index in [4.69, 9.17) is 9.40 Å². The summed E-state index contributed by atoms with van der Waals surface area (Å²) in [5, 5.41) is 10.9. The Kier molecular flexibility index (Phi) is 4.50. The number of anilines is 1. The van der Waals surface area contributed by atoms with Gasteiger partial charge < -0.3 is 9.32 Å². The van der Waals surface area contributed by atoms with E-state index in [0.717, 1.165) is 37.9 Å². The second kappa shape index (κ2) is 7.51. The lowest BCUT2D eigenvalue weighted by molar-refractivity contribution is 0.443. The Hall–Kier alpha value is -3.17. The fraction of sp³-hybridized carbons (Fsp3) is 0.320. The van der Waals surface area contributed by atoms with Crippen LogP contribution in [0.1, 0.15) is 59.2 Å². The summed E-state index contributed by atoms with van der Waals surface area (Å²) in [6.45, 7) is 1.72. The SMILES string of the molecule is N#Cc1nc([C@H]2C[C@H]2c2ccccc2)oc1N1CCC(c2nc3ccccc3s2)CC1. The molecule has 1 saturated carbocycles. The molecule has 0 radical (unpaired) electrons. The smallest absolute Gasteiger partial charge is 0.234 e. The third kappa shape index (κ3) is 3.39. The Balaban J connectivity index is 1.17. The first kappa shape index (κ1) is 18.6. The summed E-state index contributed by atoms with van der Waals surface area (Å²) in [5.41, 5.74) is 2.84. The van der Waals surface area contributed by atoms with Gasteiger partial charge in [0.25, 0.3) is 0 Å². The fourth-order valence-electron chi connectivity index (χ4n) is 4.70. The van der Waals surface area contributed by atoms with Gasteiger partial charge in [-0.25, -0.2) is 9.97 Å². The molecule has 6 heteroatoms. The number of hydrogen-bond donors (Lipinski definition) is 0. The molecule has 31 heavy (non-hydrogen) atoms. The molecule has 2 atom stereocenters. The first-order valence-corrected chi connectivity index (χ1v) is 11.7. The first-order valence-electron chi connectivity index (χ1n) is 10.9. The number of nitrogens with zero attached hydrogens (tertiary/aromatic N) is 4. The molecule has 1 aliphatic heterocycles. The Morgan fingerprint density at radius 3 is 2.52 bits per heavy atom. The lowest BCUT2D eigenvalue weighted by Gasteiger charge is -2.30. The molecule has 0 amide bonds. The third-order valence-electron chi connectivity index (χ3n) is 6.51. The molecule has 0 bridgehead atoms. The van der Waals surface area contributed by atoms with Crippen molar-refractivity contribution in [2.45, 2.75) is 37.0 Å². The van der Waals surface area contributed by atoms with Gasteiger partial charge in [0.05, 0.1) is 15.2 Å². The van der Waals surface area contributed by atoms with E-state index in [2.05, 4.69) is 58.4 Å². The second-order valence-corrected chi connectivity index (χ2v) is 9.52. The van der Waals surface area contributed by atoms with Crippen LogP contribution in [0.4, 0.5) is 5.88 Å². The Labute approximate surface area is 185 Å². The van der Waals surface area contributed by atoms with Crippen LogP contribution >= 0.6 is 11.3 Å². The van der Waals surface area contributed by atoms with Gasteiger partial charge in [-0.15, -0.1) is 11.3 Å². The van der Waals surface area contributed by atoms with Gasteiger partial charge in [-0.3, -0.25) is 0 Å². The number of benzene rings is 2. The number of piperidine rings is 1. The van der Waals surface area contributed by atoms with E-state index >= 15 is 0 Å². The molecular weight excluding hydrogens is 404 g/mol. The van der Waals surface area contributed by atoms with E-state index in [-0.39, 0.29) is 5.92 Å². The zero-order chi connectivity index (χ0) is 20.8. The maximum absolute atomic E-state index is 9.65. The van der Waals surface area contributed by atoms with E-state index in [9.17, 15) is 5.26 Å². The molecule has 2 aromatic carbocycles. The lowest BCUT2D eigenvalue weighted by Crippen LogP contribution is -2.33. The van der Waals surface area contributed by atoms with Gasteiger partial charge in [0.15, 0.2) is 0 Å².